The summed E-state index contributed by atoms with van der Waals surface area (Å²) in [5.41, 5.74) is 10.9. The first-order chi connectivity index (χ1) is 16.9. The molecule has 0 fully saturated rings. The first-order valence-electron chi connectivity index (χ1n) is 11.4. The van der Waals surface area contributed by atoms with Gasteiger partial charge in [-0.1, -0.05) is 121 Å². The van der Waals surface area contributed by atoms with E-state index in [1.165, 1.54) is 22.3 Å². The van der Waals surface area contributed by atoms with Crippen molar-refractivity contribution in [1.82, 2.24) is 0 Å². The summed E-state index contributed by atoms with van der Waals surface area (Å²) < 4.78 is 0. The molecule has 0 aliphatic heterocycles. The van der Waals surface area contributed by atoms with Gasteiger partial charge >= 0.3 is 0 Å². The fraction of sp³-hybridized carbons (Fsp3) is 0. The number of rotatable bonds is 2. The van der Waals surface area contributed by atoms with Crippen molar-refractivity contribution in [2.45, 2.75) is 0 Å². The van der Waals surface area contributed by atoms with E-state index in [1.807, 2.05) is 12.2 Å². The molecule has 0 spiro atoms. The number of benzene rings is 4. The van der Waals surface area contributed by atoms with E-state index in [-0.39, 0.29) is 0 Å². The normalized spacial score (nSPS) is 14.8. The summed E-state index contributed by atoms with van der Waals surface area (Å²) in [6.45, 7) is 0. The lowest BCUT2D eigenvalue weighted by atomic mass is 9.92. The number of nitrogens with zero attached hydrogens (tertiary/aromatic N) is 2. The lowest BCUT2D eigenvalue weighted by Crippen LogP contribution is -1.93. The van der Waals surface area contributed by atoms with Crippen molar-refractivity contribution in [2.24, 2.45) is 10.2 Å². The summed E-state index contributed by atoms with van der Waals surface area (Å²) in [5.74, 6) is 0. The number of allylic oxidation sites excluding steroid dienone is 4. The lowest BCUT2D eigenvalue weighted by molar-refractivity contribution is 1.24. The van der Waals surface area contributed by atoms with Gasteiger partial charge in [0.2, 0.25) is 0 Å². The SMILES string of the molecule is C1=Cc2ccccc2-c2ccccc2C(N=NC2=C/C=C\c3ccccc3-c3ccccc32)=C1. The third kappa shape index (κ3) is 3.66. The van der Waals surface area contributed by atoms with Gasteiger partial charge in [-0.05, 0) is 45.5 Å². The van der Waals surface area contributed by atoms with Crippen LogP contribution < -0.4 is 0 Å². The predicted molar refractivity (Wildman–Crippen MR) is 143 cm³/mol. The van der Waals surface area contributed by atoms with Gasteiger partial charge < -0.3 is 0 Å². The molecule has 0 amide bonds. The van der Waals surface area contributed by atoms with Crippen LogP contribution in [-0.4, -0.2) is 0 Å². The van der Waals surface area contributed by atoms with Crippen LogP contribution in [0.1, 0.15) is 22.3 Å². The third-order valence-corrected chi connectivity index (χ3v) is 6.23. The highest BCUT2D eigenvalue weighted by Crippen LogP contribution is 2.37. The molecule has 2 aliphatic carbocycles. The number of fused-ring (bicyclic) bond motifs is 6. The van der Waals surface area contributed by atoms with E-state index in [1.54, 1.807) is 0 Å². The molecule has 160 valence electrons. The van der Waals surface area contributed by atoms with E-state index in [4.69, 9.17) is 10.2 Å². The molecular formula is C32H22N2. The molecule has 0 saturated heterocycles. The van der Waals surface area contributed by atoms with Crippen LogP contribution in [0.15, 0.2) is 132 Å². The second-order valence-corrected chi connectivity index (χ2v) is 8.29. The smallest absolute Gasteiger partial charge is 0.0935 e. The first-order valence-corrected chi connectivity index (χ1v) is 11.4. The van der Waals surface area contributed by atoms with E-state index in [2.05, 4.69) is 121 Å². The zero-order valence-electron chi connectivity index (χ0n) is 18.6. The quantitative estimate of drug-likeness (QED) is 0.281. The highest BCUT2D eigenvalue weighted by molar-refractivity contribution is 5.89. The summed E-state index contributed by atoms with van der Waals surface area (Å²) in [5, 5.41) is 9.57. The molecule has 0 bridgehead atoms. The minimum atomic E-state index is 0.839. The maximum absolute atomic E-state index is 4.78. The molecule has 0 radical (unpaired) electrons. The van der Waals surface area contributed by atoms with Gasteiger partial charge in [-0.25, -0.2) is 0 Å². The zero-order chi connectivity index (χ0) is 22.7. The van der Waals surface area contributed by atoms with Gasteiger partial charge in [-0.3, -0.25) is 0 Å². The molecule has 2 heteroatoms. The van der Waals surface area contributed by atoms with E-state index in [0.29, 0.717) is 0 Å². The first kappa shape index (κ1) is 20.1. The molecule has 6 rings (SSSR count). The van der Waals surface area contributed by atoms with Crippen LogP contribution >= 0.6 is 0 Å². The number of hydrogen-bond acceptors (Lipinski definition) is 2. The van der Waals surface area contributed by atoms with Crippen LogP contribution in [0.2, 0.25) is 0 Å². The van der Waals surface area contributed by atoms with Crippen molar-refractivity contribution in [1.29, 1.82) is 0 Å². The van der Waals surface area contributed by atoms with Crippen molar-refractivity contribution in [2.75, 3.05) is 0 Å². The fourth-order valence-electron chi connectivity index (χ4n) is 4.61. The monoisotopic (exact) mass is 434 g/mol. The average molecular weight is 435 g/mol. The Morgan fingerprint density at radius 1 is 0.353 bits per heavy atom. The molecule has 2 aliphatic rings. The topological polar surface area (TPSA) is 24.7 Å². The van der Waals surface area contributed by atoms with Crippen LogP contribution in [-0.2, 0) is 0 Å². The van der Waals surface area contributed by atoms with Crippen LogP contribution in [0.5, 0.6) is 0 Å². The van der Waals surface area contributed by atoms with E-state index in [0.717, 1.165) is 33.6 Å². The van der Waals surface area contributed by atoms with E-state index < -0.39 is 0 Å². The largest absolute Gasteiger partial charge is 0.150 e. The summed E-state index contributed by atoms with van der Waals surface area (Å²) in [6.07, 6.45) is 12.5. The van der Waals surface area contributed by atoms with Gasteiger partial charge in [0, 0.05) is 11.1 Å². The minimum absolute atomic E-state index is 0.839. The van der Waals surface area contributed by atoms with Gasteiger partial charge in [0.25, 0.3) is 0 Å². The second-order valence-electron chi connectivity index (χ2n) is 8.29. The Balaban J connectivity index is 1.46. The van der Waals surface area contributed by atoms with E-state index >= 15 is 0 Å². The van der Waals surface area contributed by atoms with Crippen LogP contribution in [0, 0.1) is 0 Å². The molecule has 4 aromatic rings. The molecule has 0 aromatic heterocycles. The van der Waals surface area contributed by atoms with Crippen LogP contribution in [0.3, 0.4) is 0 Å². The van der Waals surface area contributed by atoms with Gasteiger partial charge in [0.15, 0.2) is 0 Å². The second kappa shape index (κ2) is 8.76. The molecular weight excluding hydrogens is 412 g/mol. The molecule has 0 unspecified atom stereocenters. The van der Waals surface area contributed by atoms with Crippen molar-refractivity contribution >= 4 is 23.5 Å². The van der Waals surface area contributed by atoms with Gasteiger partial charge in [-0.15, -0.1) is 10.2 Å². The van der Waals surface area contributed by atoms with Crippen molar-refractivity contribution < 1.29 is 0 Å². The molecule has 0 saturated carbocycles. The predicted octanol–water partition coefficient (Wildman–Crippen LogP) is 8.91. The minimum Gasteiger partial charge on any atom is -0.150 e. The Kier molecular flexibility index (Phi) is 5.17. The fourth-order valence-corrected chi connectivity index (χ4v) is 4.61. The highest BCUT2D eigenvalue weighted by atomic mass is 15.1. The molecule has 0 N–H and O–H groups in total. The zero-order valence-corrected chi connectivity index (χ0v) is 18.6. The van der Waals surface area contributed by atoms with Crippen molar-refractivity contribution in [3.05, 3.63) is 144 Å². The molecule has 4 aromatic carbocycles. The van der Waals surface area contributed by atoms with Crippen molar-refractivity contribution in [3.8, 4) is 22.3 Å². The third-order valence-electron chi connectivity index (χ3n) is 6.23. The van der Waals surface area contributed by atoms with Gasteiger partial charge in [0.1, 0.15) is 0 Å². The Hall–Kier alpha value is -4.56. The molecule has 0 heterocycles. The standard InChI is InChI=1S/C32H22N2/c1-3-15-25-23(11-1)13-9-21-31(29-19-7-5-17-27(25)29)33-34-32-22-10-14-24-12-2-4-16-26(24)28-18-6-8-20-30(28)32/h1-22H/b13-9-,14-10?,21-9?,22-10?,23-13?,24-14?,27-25?,28-26?,31-21?,31-29?,32-22?,32-30?,34-33?. The van der Waals surface area contributed by atoms with E-state index in [9.17, 15) is 0 Å². The summed E-state index contributed by atoms with van der Waals surface area (Å²) in [7, 11) is 0. The lowest BCUT2D eigenvalue weighted by Gasteiger charge is -2.15. The Morgan fingerprint density at radius 3 is 1.15 bits per heavy atom. The highest BCUT2D eigenvalue weighted by Gasteiger charge is 2.15. The Labute approximate surface area is 199 Å². The van der Waals surface area contributed by atoms with Crippen LogP contribution in [0.4, 0.5) is 0 Å². The molecule has 34 heavy (non-hydrogen) atoms. The molecule has 2 nitrogen and oxygen atoms in total. The summed E-state index contributed by atoms with van der Waals surface area (Å²) in [6, 6.07) is 33.7. The summed E-state index contributed by atoms with van der Waals surface area (Å²) >= 11 is 0. The number of hydrogen-bond donors (Lipinski definition) is 0. The van der Waals surface area contributed by atoms with Gasteiger partial charge in [0.05, 0.1) is 11.4 Å². The average Bonchev–Trinajstić information content (AvgIpc) is 2.88. The molecule has 0 atom stereocenters. The van der Waals surface area contributed by atoms with Crippen molar-refractivity contribution in [3.63, 3.8) is 0 Å². The number of azo groups is 1. The van der Waals surface area contributed by atoms with Crippen LogP contribution in [0.25, 0.3) is 45.8 Å². The Bertz CT molecular complexity index is 1430. The Morgan fingerprint density at radius 2 is 0.706 bits per heavy atom. The summed E-state index contributed by atoms with van der Waals surface area (Å²) in [4.78, 5) is 0. The maximum atomic E-state index is 4.78. The van der Waals surface area contributed by atoms with Gasteiger partial charge in [-0.2, -0.15) is 0 Å². The maximum Gasteiger partial charge on any atom is 0.0935 e.